The Morgan fingerprint density at radius 3 is 0.938 bits per heavy atom. The lowest BCUT2D eigenvalue weighted by Crippen LogP contribution is -2.66. The minimum Gasteiger partial charge on any atom is -0.465 e. The zero-order valence-corrected chi connectivity index (χ0v) is 23.8. The summed E-state index contributed by atoms with van der Waals surface area (Å²) in [5.41, 5.74) is -3.13. The van der Waals surface area contributed by atoms with E-state index < -0.39 is 21.7 Å². The van der Waals surface area contributed by atoms with E-state index in [1.165, 1.54) is 0 Å². The van der Waals surface area contributed by atoms with E-state index in [4.69, 9.17) is 9.47 Å². The van der Waals surface area contributed by atoms with E-state index in [1.807, 2.05) is 27.7 Å². The van der Waals surface area contributed by atoms with Gasteiger partial charge in [0.1, 0.15) is 0 Å². The van der Waals surface area contributed by atoms with Crippen LogP contribution in [0, 0.1) is 45.3 Å². The van der Waals surface area contributed by atoms with E-state index >= 15 is 0 Å². The minimum atomic E-state index is -1.04. The van der Waals surface area contributed by atoms with Gasteiger partial charge in [-0.3, -0.25) is 9.59 Å². The predicted octanol–water partition coefficient (Wildman–Crippen LogP) is 7.54. The van der Waals surface area contributed by atoms with Crippen molar-refractivity contribution in [2.45, 2.75) is 110 Å². The largest absolute Gasteiger partial charge is 0.465 e. The molecule has 190 valence electrons. The molecular weight excluding hydrogens is 400 g/mol. The van der Waals surface area contributed by atoms with Gasteiger partial charge >= 0.3 is 11.9 Å². The summed E-state index contributed by atoms with van der Waals surface area (Å²) in [5, 5.41) is 0. The number of esters is 2. The molecule has 0 spiro atoms. The summed E-state index contributed by atoms with van der Waals surface area (Å²) in [7, 11) is 0. The number of carbonyl (C=O) groups excluding carboxylic acids is 2. The first-order chi connectivity index (χ1) is 14.3. The molecule has 0 N–H and O–H groups in total. The van der Waals surface area contributed by atoms with Crippen molar-refractivity contribution in [3.63, 3.8) is 0 Å². The fourth-order valence-corrected chi connectivity index (χ4v) is 5.32. The van der Waals surface area contributed by atoms with Gasteiger partial charge in [0.15, 0.2) is 0 Å². The van der Waals surface area contributed by atoms with Gasteiger partial charge in [-0.2, -0.15) is 0 Å². The average Bonchev–Trinajstić information content (AvgIpc) is 2.57. The summed E-state index contributed by atoms with van der Waals surface area (Å²) in [6.07, 6.45) is 1.13. The Labute approximate surface area is 199 Å². The Kier molecular flexibility index (Phi) is 11.0. The highest BCUT2D eigenvalue weighted by Crippen LogP contribution is 2.65. The quantitative estimate of drug-likeness (QED) is 0.303. The highest BCUT2D eigenvalue weighted by molar-refractivity contribution is 5.90. The van der Waals surface area contributed by atoms with E-state index in [1.54, 1.807) is 0 Å². The molecule has 4 nitrogen and oxygen atoms in total. The summed E-state index contributed by atoms with van der Waals surface area (Å²) in [5.74, 6) is 0.324. The standard InChI is InChI=1S/C28H54O4/c1-19(2)15-27(25(9,10)11,23(29)31-17-21(5)6)28(16-20(3)4,26(12,13)14)24(30)32-18-22(7)8/h19-22H,15-18H2,1-14H3. The fourth-order valence-electron chi connectivity index (χ4n) is 5.32. The van der Waals surface area contributed by atoms with Crippen molar-refractivity contribution in [2.24, 2.45) is 45.3 Å². The van der Waals surface area contributed by atoms with Crippen molar-refractivity contribution in [1.29, 1.82) is 0 Å². The molecule has 2 unspecified atom stereocenters. The fraction of sp³-hybridized carbons (Fsp3) is 0.929. The smallest absolute Gasteiger partial charge is 0.313 e. The zero-order valence-electron chi connectivity index (χ0n) is 23.8. The molecule has 0 aliphatic carbocycles. The molecule has 0 saturated carbocycles. The Morgan fingerprint density at radius 1 is 0.531 bits per heavy atom. The molecule has 0 radical (unpaired) electrons. The lowest BCUT2D eigenvalue weighted by Gasteiger charge is -2.60. The van der Waals surface area contributed by atoms with E-state index in [0.29, 0.717) is 26.1 Å². The minimum absolute atomic E-state index is 0.201. The van der Waals surface area contributed by atoms with Crippen LogP contribution in [0.5, 0.6) is 0 Å². The summed E-state index contributed by atoms with van der Waals surface area (Å²) in [6, 6.07) is 0. The van der Waals surface area contributed by atoms with Gasteiger partial charge in [-0.15, -0.1) is 0 Å². The van der Waals surface area contributed by atoms with E-state index in [2.05, 4.69) is 69.2 Å². The second kappa shape index (κ2) is 11.4. The van der Waals surface area contributed by atoms with E-state index in [0.717, 1.165) is 0 Å². The van der Waals surface area contributed by atoms with Crippen LogP contribution < -0.4 is 0 Å². The summed E-state index contributed by atoms with van der Waals surface area (Å²) in [4.78, 5) is 28.5. The second-order valence-electron chi connectivity index (χ2n) is 13.5. The molecule has 4 heteroatoms. The average molecular weight is 455 g/mol. The topological polar surface area (TPSA) is 52.6 Å². The van der Waals surface area contributed by atoms with Crippen LogP contribution in [0.3, 0.4) is 0 Å². The monoisotopic (exact) mass is 454 g/mol. The first-order valence-corrected chi connectivity index (χ1v) is 12.6. The molecule has 2 atom stereocenters. The normalized spacial score (nSPS) is 16.9. The summed E-state index contributed by atoms with van der Waals surface area (Å²) in [6.45, 7) is 29.9. The molecule has 0 saturated heterocycles. The molecule has 0 heterocycles. The Morgan fingerprint density at radius 2 is 0.781 bits per heavy atom. The molecule has 0 bridgehead atoms. The predicted molar refractivity (Wildman–Crippen MR) is 134 cm³/mol. The van der Waals surface area contributed by atoms with Gasteiger partial charge in [-0.25, -0.2) is 0 Å². The molecule has 0 aliphatic heterocycles. The van der Waals surface area contributed by atoms with Crippen molar-refractivity contribution in [3.8, 4) is 0 Å². The SMILES string of the molecule is CC(C)COC(=O)C(CC(C)C)(C(C)(C)C)C(CC(C)C)(C(=O)OCC(C)C)C(C)(C)C. The highest BCUT2D eigenvalue weighted by Gasteiger charge is 2.71. The van der Waals surface area contributed by atoms with Gasteiger partial charge in [-0.1, -0.05) is 96.9 Å². The maximum Gasteiger partial charge on any atom is 0.313 e. The molecular formula is C28H54O4. The van der Waals surface area contributed by atoms with Gasteiger partial charge in [0, 0.05) is 0 Å². The molecule has 0 fully saturated rings. The van der Waals surface area contributed by atoms with Crippen LogP contribution in [0.1, 0.15) is 110 Å². The molecule has 0 aliphatic rings. The highest BCUT2D eigenvalue weighted by atomic mass is 16.5. The van der Waals surface area contributed by atoms with Gasteiger partial charge in [0.05, 0.1) is 24.0 Å². The third-order valence-electron chi connectivity index (χ3n) is 6.51. The maximum atomic E-state index is 14.2. The summed E-state index contributed by atoms with van der Waals surface area (Å²) < 4.78 is 12.0. The molecule has 0 rings (SSSR count). The van der Waals surface area contributed by atoms with Gasteiger partial charge in [-0.05, 0) is 47.3 Å². The molecule has 0 aromatic rings. The molecule has 32 heavy (non-hydrogen) atoms. The third kappa shape index (κ3) is 6.73. The van der Waals surface area contributed by atoms with Crippen LogP contribution in [0.2, 0.25) is 0 Å². The lowest BCUT2D eigenvalue weighted by molar-refractivity contribution is -0.218. The van der Waals surface area contributed by atoms with Crippen LogP contribution in [-0.4, -0.2) is 25.2 Å². The Hall–Kier alpha value is -1.06. The molecule has 0 aromatic carbocycles. The zero-order chi connectivity index (χ0) is 25.7. The number of rotatable bonds is 11. The first-order valence-electron chi connectivity index (χ1n) is 12.6. The molecule has 0 aromatic heterocycles. The summed E-state index contributed by atoms with van der Waals surface area (Å²) >= 11 is 0. The van der Waals surface area contributed by atoms with Crippen LogP contribution in [0.4, 0.5) is 0 Å². The number of carbonyl (C=O) groups is 2. The van der Waals surface area contributed by atoms with Gasteiger partial charge in [0.25, 0.3) is 0 Å². The van der Waals surface area contributed by atoms with Gasteiger partial charge in [0.2, 0.25) is 0 Å². The van der Waals surface area contributed by atoms with E-state index in [9.17, 15) is 9.59 Å². The molecule has 0 amide bonds. The van der Waals surface area contributed by atoms with Crippen molar-refractivity contribution < 1.29 is 19.1 Å². The maximum absolute atomic E-state index is 14.2. The number of hydrogen-bond donors (Lipinski definition) is 0. The first kappa shape index (κ1) is 30.9. The lowest BCUT2D eigenvalue weighted by atomic mass is 9.41. The van der Waals surface area contributed by atoms with Crippen LogP contribution >= 0.6 is 0 Å². The number of ether oxygens (including phenoxy) is 2. The van der Waals surface area contributed by atoms with Crippen molar-refractivity contribution >= 4 is 11.9 Å². The van der Waals surface area contributed by atoms with E-state index in [-0.39, 0.29) is 35.6 Å². The van der Waals surface area contributed by atoms with Crippen molar-refractivity contribution in [1.82, 2.24) is 0 Å². The van der Waals surface area contributed by atoms with Crippen LogP contribution in [0.15, 0.2) is 0 Å². The Balaban J connectivity index is 7.39. The third-order valence-corrected chi connectivity index (χ3v) is 6.51. The van der Waals surface area contributed by atoms with Crippen molar-refractivity contribution in [2.75, 3.05) is 13.2 Å². The van der Waals surface area contributed by atoms with Crippen LogP contribution in [-0.2, 0) is 19.1 Å². The van der Waals surface area contributed by atoms with Crippen LogP contribution in [0.25, 0.3) is 0 Å². The van der Waals surface area contributed by atoms with Crippen molar-refractivity contribution in [3.05, 3.63) is 0 Å². The van der Waals surface area contributed by atoms with Gasteiger partial charge < -0.3 is 9.47 Å². The Bertz CT molecular complexity index is 550. The number of hydrogen-bond acceptors (Lipinski definition) is 4. The second-order valence-corrected chi connectivity index (χ2v) is 13.5.